The van der Waals surface area contributed by atoms with Gasteiger partial charge in [0.15, 0.2) is 5.78 Å². The van der Waals surface area contributed by atoms with Gasteiger partial charge in [-0.3, -0.25) is 4.79 Å². The van der Waals surface area contributed by atoms with Crippen LogP contribution in [-0.4, -0.2) is 16.9 Å². The fraction of sp³-hybridized carbons (Fsp3) is 0.294. The highest BCUT2D eigenvalue weighted by Crippen LogP contribution is 2.36. The van der Waals surface area contributed by atoms with Crippen LogP contribution in [0.2, 0.25) is 0 Å². The third kappa shape index (κ3) is 3.80. The first-order chi connectivity index (χ1) is 10.7. The molecule has 3 nitrogen and oxygen atoms in total. The number of aromatic carboxylic acids is 1. The molecule has 1 aromatic heterocycles. The summed E-state index contributed by atoms with van der Waals surface area (Å²) in [5.74, 6) is -1.68. The van der Waals surface area contributed by atoms with E-state index in [-0.39, 0.29) is 29.5 Å². The smallest absolute Gasteiger partial charge is 0.337 e. The first kappa shape index (κ1) is 18.1. The van der Waals surface area contributed by atoms with Crippen molar-refractivity contribution >= 4 is 45.7 Å². The number of carboxylic acids is 1. The molecule has 2 aromatic rings. The van der Waals surface area contributed by atoms with Crippen LogP contribution in [0.25, 0.3) is 0 Å². The Morgan fingerprint density at radius 1 is 1.35 bits per heavy atom. The number of ketones is 1. The van der Waals surface area contributed by atoms with Gasteiger partial charge in [-0.15, -0.1) is 11.3 Å². The van der Waals surface area contributed by atoms with Gasteiger partial charge in [-0.25, -0.2) is 9.18 Å². The van der Waals surface area contributed by atoms with Crippen molar-refractivity contribution in [1.29, 1.82) is 0 Å². The minimum absolute atomic E-state index is 0.0911. The van der Waals surface area contributed by atoms with Crippen molar-refractivity contribution in [3.63, 3.8) is 0 Å². The Labute approximate surface area is 151 Å². The maximum Gasteiger partial charge on any atom is 0.337 e. The second-order valence-corrected chi connectivity index (χ2v) is 7.92. The van der Waals surface area contributed by atoms with Crippen molar-refractivity contribution in [3.8, 4) is 0 Å². The van der Waals surface area contributed by atoms with Gasteiger partial charge in [0, 0.05) is 14.9 Å². The van der Waals surface area contributed by atoms with E-state index in [2.05, 4.69) is 0 Å². The molecule has 0 spiro atoms. The Morgan fingerprint density at radius 3 is 2.48 bits per heavy atom. The van der Waals surface area contributed by atoms with E-state index in [0.717, 1.165) is 14.9 Å². The molecular weight excluding hydrogens is 430 g/mol. The maximum absolute atomic E-state index is 14.1. The molecule has 1 N–H and O–H groups in total. The predicted molar refractivity (Wildman–Crippen MR) is 97.3 cm³/mol. The number of hydrogen-bond donors (Lipinski definition) is 1. The van der Waals surface area contributed by atoms with Crippen molar-refractivity contribution < 1.29 is 19.1 Å². The van der Waals surface area contributed by atoms with Crippen LogP contribution < -0.4 is 0 Å². The van der Waals surface area contributed by atoms with Crippen LogP contribution in [0, 0.1) is 9.39 Å². The summed E-state index contributed by atoms with van der Waals surface area (Å²) in [6.07, 6.45) is 0.169. The molecule has 0 unspecified atom stereocenters. The molecule has 0 fully saturated rings. The second kappa shape index (κ2) is 7.09. The average Bonchev–Trinajstić information content (AvgIpc) is 2.81. The number of carbonyl (C=O) groups is 2. The minimum Gasteiger partial charge on any atom is -0.478 e. The fourth-order valence-electron chi connectivity index (χ4n) is 2.50. The van der Waals surface area contributed by atoms with Gasteiger partial charge in [0.2, 0.25) is 0 Å². The van der Waals surface area contributed by atoms with Crippen LogP contribution >= 0.6 is 33.9 Å². The molecule has 23 heavy (non-hydrogen) atoms. The van der Waals surface area contributed by atoms with Crippen LogP contribution in [0.4, 0.5) is 4.39 Å². The maximum atomic E-state index is 14.1. The van der Waals surface area contributed by atoms with Crippen LogP contribution in [0.15, 0.2) is 18.2 Å². The van der Waals surface area contributed by atoms with E-state index in [1.807, 2.05) is 36.4 Å². The van der Waals surface area contributed by atoms with E-state index in [0.29, 0.717) is 20.9 Å². The first-order valence-electron chi connectivity index (χ1n) is 7.06. The molecule has 122 valence electrons. The van der Waals surface area contributed by atoms with E-state index in [4.69, 9.17) is 0 Å². The van der Waals surface area contributed by atoms with Crippen molar-refractivity contribution in [2.75, 3.05) is 0 Å². The lowest BCUT2D eigenvalue weighted by Gasteiger charge is -2.08. The molecule has 0 aliphatic carbocycles. The highest BCUT2D eigenvalue weighted by atomic mass is 127. The number of hydrogen-bond acceptors (Lipinski definition) is 3. The van der Waals surface area contributed by atoms with Crippen molar-refractivity contribution in [2.45, 2.75) is 33.1 Å². The molecule has 1 heterocycles. The number of carboxylic acid groups (broad SMARTS) is 1. The first-order valence-corrected chi connectivity index (χ1v) is 8.95. The second-order valence-electron chi connectivity index (χ2n) is 5.57. The van der Waals surface area contributed by atoms with Gasteiger partial charge in [-0.1, -0.05) is 19.9 Å². The summed E-state index contributed by atoms with van der Waals surface area (Å²) in [6, 6.07) is 4.85. The van der Waals surface area contributed by atoms with E-state index >= 15 is 0 Å². The van der Waals surface area contributed by atoms with Crippen LogP contribution in [-0.2, 0) is 6.42 Å². The lowest BCUT2D eigenvalue weighted by Crippen LogP contribution is -2.07. The molecule has 0 atom stereocenters. The lowest BCUT2D eigenvalue weighted by atomic mass is 9.95. The highest BCUT2D eigenvalue weighted by molar-refractivity contribution is 14.1. The number of halogens is 2. The third-order valence-corrected chi connectivity index (χ3v) is 5.47. The Bertz CT molecular complexity index is 780. The quantitative estimate of drug-likeness (QED) is 0.513. The summed E-state index contributed by atoms with van der Waals surface area (Å²) in [5.41, 5.74) is 1.13. The Balaban J connectivity index is 2.60. The van der Waals surface area contributed by atoms with E-state index in [1.54, 1.807) is 12.1 Å². The molecular formula is C17H16FIO3S. The minimum atomic E-state index is -1.07. The summed E-state index contributed by atoms with van der Waals surface area (Å²) in [5, 5.41) is 9.58. The van der Waals surface area contributed by atoms with E-state index in [1.165, 1.54) is 13.0 Å². The zero-order valence-corrected chi connectivity index (χ0v) is 15.9. The Hall–Kier alpha value is -1.28. The topological polar surface area (TPSA) is 54.4 Å². The van der Waals surface area contributed by atoms with Gasteiger partial charge in [0.1, 0.15) is 5.82 Å². The normalized spacial score (nSPS) is 11.0. The largest absolute Gasteiger partial charge is 0.478 e. The summed E-state index contributed by atoms with van der Waals surface area (Å²) < 4.78 is 14.9. The number of Topliss-reactive ketones (excluding diaryl/α,β-unsaturated/α-hetero) is 1. The molecule has 0 bridgehead atoms. The third-order valence-electron chi connectivity index (χ3n) is 3.50. The molecule has 0 saturated heterocycles. The van der Waals surface area contributed by atoms with Crippen LogP contribution in [0.5, 0.6) is 0 Å². The summed E-state index contributed by atoms with van der Waals surface area (Å²) in [7, 11) is 0. The molecule has 1 aromatic carbocycles. The van der Waals surface area contributed by atoms with E-state index < -0.39 is 5.97 Å². The van der Waals surface area contributed by atoms with Gasteiger partial charge >= 0.3 is 5.97 Å². The van der Waals surface area contributed by atoms with Crippen molar-refractivity contribution in [3.05, 3.63) is 54.0 Å². The van der Waals surface area contributed by atoms with Gasteiger partial charge in [-0.05, 0) is 58.7 Å². The summed E-state index contributed by atoms with van der Waals surface area (Å²) in [6.45, 7) is 5.14. The summed E-state index contributed by atoms with van der Waals surface area (Å²) in [4.78, 5) is 24.6. The highest BCUT2D eigenvalue weighted by Gasteiger charge is 2.27. The number of carbonyl (C=O) groups excluding carboxylic acids is 1. The van der Waals surface area contributed by atoms with Crippen LogP contribution in [0.3, 0.4) is 0 Å². The number of rotatable bonds is 5. The average molecular weight is 446 g/mol. The molecule has 0 aliphatic heterocycles. The van der Waals surface area contributed by atoms with Gasteiger partial charge in [0.05, 0.1) is 10.4 Å². The van der Waals surface area contributed by atoms with Gasteiger partial charge < -0.3 is 5.11 Å². The number of benzene rings is 1. The fourth-order valence-corrected chi connectivity index (χ4v) is 4.32. The zero-order chi connectivity index (χ0) is 17.3. The lowest BCUT2D eigenvalue weighted by molar-refractivity contribution is 0.0695. The SMILES string of the molecule is CC(=O)c1sc(Cc2ccc(I)cc2F)c(C(=O)O)c1C(C)C. The van der Waals surface area contributed by atoms with Crippen molar-refractivity contribution in [2.24, 2.45) is 0 Å². The standard InChI is InChI=1S/C17H16FIO3S/c1-8(2)14-15(17(21)22)13(23-16(14)9(3)20)6-10-4-5-11(19)7-12(10)18/h4-5,7-8H,6H2,1-3H3,(H,21,22). The Kier molecular flexibility index (Phi) is 5.57. The molecule has 6 heteroatoms. The Morgan fingerprint density at radius 2 is 2.00 bits per heavy atom. The van der Waals surface area contributed by atoms with Crippen molar-refractivity contribution in [1.82, 2.24) is 0 Å². The predicted octanol–water partition coefficient (Wildman–Crippen LogP) is 5.11. The van der Waals surface area contributed by atoms with Crippen LogP contribution in [0.1, 0.15) is 62.7 Å². The van der Waals surface area contributed by atoms with Gasteiger partial charge in [-0.2, -0.15) is 0 Å². The molecule has 0 amide bonds. The summed E-state index contributed by atoms with van der Waals surface area (Å²) >= 11 is 3.18. The molecule has 0 radical (unpaired) electrons. The monoisotopic (exact) mass is 446 g/mol. The van der Waals surface area contributed by atoms with Gasteiger partial charge in [0.25, 0.3) is 0 Å². The number of thiophene rings is 1. The van der Waals surface area contributed by atoms with E-state index in [9.17, 15) is 19.1 Å². The zero-order valence-electron chi connectivity index (χ0n) is 12.9. The molecule has 2 rings (SSSR count). The molecule has 0 saturated carbocycles. The molecule has 0 aliphatic rings.